The third-order valence-corrected chi connectivity index (χ3v) is 8.51. The number of imide groups is 2. The molecule has 124 valence electrons. The molecule has 1 aromatic carbocycles. The molecule has 0 aromatic heterocycles. The van der Waals surface area contributed by atoms with Crippen LogP contribution in [0.3, 0.4) is 0 Å². The Morgan fingerprint density at radius 3 is 1.71 bits per heavy atom. The molecule has 2 aliphatic heterocycles. The number of rotatable bonds is 2. The Hall–Kier alpha value is -1.29. The molecule has 9 heteroatoms. The highest BCUT2D eigenvalue weighted by atomic mass is 32.3. The van der Waals surface area contributed by atoms with E-state index >= 15 is 0 Å². The van der Waals surface area contributed by atoms with Crippen molar-refractivity contribution in [3.63, 3.8) is 0 Å². The zero-order chi connectivity index (χ0) is 17.3. The van der Waals surface area contributed by atoms with Crippen LogP contribution in [0.1, 0.15) is 0 Å². The van der Waals surface area contributed by atoms with Gasteiger partial charge in [-0.2, -0.15) is 0 Å². The number of nitrogens with one attached hydrogen (secondary N) is 2. The lowest BCUT2D eigenvalue weighted by Gasteiger charge is -2.13. The molecule has 3 rings (SSSR count). The molecule has 0 saturated carbocycles. The first-order valence-electron chi connectivity index (χ1n) is 6.72. The predicted molar refractivity (Wildman–Crippen MR) is 103 cm³/mol. The molecule has 0 atom stereocenters. The van der Waals surface area contributed by atoms with Gasteiger partial charge in [0.1, 0.15) is 5.57 Å². The van der Waals surface area contributed by atoms with Gasteiger partial charge in [0.25, 0.3) is 11.8 Å². The zero-order valence-electron chi connectivity index (χ0n) is 12.7. The van der Waals surface area contributed by atoms with Crippen LogP contribution < -0.4 is 21.1 Å². The van der Waals surface area contributed by atoms with Gasteiger partial charge in [-0.25, -0.2) is 4.79 Å². The summed E-state index contributed by atoms with van der Waals surface area (Å²) in [6, 6.07) is 6.43. The van der Waals surface area contributed by atoms with Crippen molar-refractivity contribution >= 4 is 74.7 Å². The standard InChI is InChI=1S/C15H12N2O3S4/c1-21-13-14(22-2)24-12(23-13)8-5-3-7(4-6-8)9-10(18)16-15(20)17-11(9)19/h3-6H,1-2H3,(H2,16,17,18,19,20). The highest BCUT2D eigenvalue weighted by Gasteiger charge is 2.28. The number of carbonyl (C=O) groups excluding carboxylic acids is 3. The maximum atomic E-state index is 11.9. The lowest BCUT2D eigenvalue weighted by Crippen LogP contribution is -2.52. The quantitative estimate of drug-likeness (QED) is 0.786. The topological polar surface area (TPSA) is 75.3 Å². The van der Waals surface area contributed by atoms with Crippen LogP contribution in [0.2, 0.25) is 0 Å². The molecule has 1 saturated heterocycles. The Balaban J connectivity index is 1.99. The first-order chi connectivity index (χ1) is 11.5. The summed E-state index contributed by atoms with van der Waals surface area (Å²) in [5, 5.41) is 5.69. The number of amides is 4. The summed E-state index contributed by atoms with van der Waals surface area (Å²) in [4.78, 5) is 34.8. The highest BCUT2D eigenvalue weighted by molar-refractivity contribution is 8.45. The molecular formula is C15H12N2O3S4. The van der Waals surface area contributed by atoms with Crippen LogP contribution in [0.25, 0.3) is 9.81 Å². The second kappa shape index (κ2) is 7.30. The molecule has 2 aliphatic rings. The van der Waals surface area contributed by atoms with Crippen LogP contribution in [0.5, 0.6) is 0 Å². The van der Waals surface area contributed by atoms with Gasteiger partial charge in [-0.05, 0) is 22.9 Å². The SMILES string of the molecule is CSC1=C(SC)SC(=c2ccc(=C3C(=O)NC(=O)NC3=O)cc2)S1. The van der Waals surface area contributed by atoms with Gasteiger partial charge in [0.05, 0.1) is 12.7 Å². The summed E-state index contributed by atoms with van der Waals surface area (Å²) < 4.78 is 3.74. The zero-order valence-corrected chi connectivity index (χ0v) is 15.9. The van der Waals surface area contributed by atoms with E-state index in [1.54, 1.807) is 59.2 Å². The lowest BCUT2D eigenvalue weighted by atomic mass is 10.1. The van der Waals surface area contributed by atoms with E-state index < -0.39 is 17.8 Å². The lowest BCUT2D eigenvalue weighted by molar-refractivity contribution is -0.121. The molecule has 1 aromatic rings. The molecule has 0 unspecified atom stereocenters. The van der Waals surface area contributed by atoms with Crippen molar-refractivity contribution in [3.8, 4) is 0 Å². The first-order valence-corrected chi connectivity index (χ1v) is 10.8. The van der Waals surface area contributed by atoms with Crippen molar-refractivity contribution in [1.29, 1.82) is 0 Å². The van der Waals surface area contributed by atoms with E-state index in [4.69, 9.17) is 0 Å². The Morgan fingerprint density at radius 1 is 0.792 bits per heavy atom. The number of hydrogen-bond acceptors (Lipinski definition) is 7. The summed E-state index contributed by atoms with van der Waals surface area (Å²) in [7, 11) is 0. The molecule has 0 radical (unpaired) electrons. The highest BCUT2D eigenvalue weighted by Crippen LogP contribution is 2.56. The van der Waals surface area contributed by atoms with Gasteiger partial charge < -0.3 is 0 Å². The number of urea groups is 1. The third kappa shape index (κ3) is 3.39. The monoisotopic (exact) mass is 396 g/mol. The summed E-state index contributed by atoms with van der Waals surface area (Å²) in [5.41, 5.74) is -0.0504. The number of hydrogen-bond donors (Lipinski definition) is 2. The van der Waals surface area contributed by atoms with Gasteiger partial charge in [0.2, 0.25) is 0 Å². The first kappa shape index (κ1) is 17.5. The van der Waals surface area contributed by atoms with Crippen LogP contribution in [0.15, 0.2) is 32.7 Å². The third-order valence-electron chi connectivity index (χ3n) is 3.23. The number of carbonyl (C=O) groups is 3. The maximum absolute atomic E-state index is 11.9. The molecule has 0 aliphatic carbocycles. The average Bonchev–Trinajstić information content (AvgIpc) is 2.98. The molecule has 2 heterocycles. The fourth-order valence-corrected chi connectivity index (χ4v) is 7.14. The summed E-state index contributed by atoms with van der Waals surface area (Å²) >= 11 is 6.92. The fraction of sp³-hybridized carbons (Fsp3) is 0.133. The Bertz CT molecular complexity index is 844. The van der Waals surface area contributed by atoms with Gasteiger partial charge >= 0.3 is 6.03 Å². The predicted octanol–water partition coefficient (Wildman–Crippen LogP) is 1.60. The van der Waals surface area contributed by atoms with E-state index in [1.807, 2.05) is 12.1 Å². The smallest absolute Gasteiger partial charge is 0.273 e. The normalized spacial score (nSPS) is 18.2. The molecule has 0 spiro atoms. The fourth-order valence-electron chi connectivity index (χ4n) is 2.14. The minimum atomic E-state index is -0.792. The minimum Gasteiger partial charge on any atom is -0.273 e. The van der Waals surface area contributed by atoms with Crippen molar-refractivity contribution in [3.05, 3.63) is 43.2 Å². The second-order valence-corrected chi connectivity index (χ2v) is 9.11. The van der Waals surface area contributed by atoms with Gasteiger partial charge in [-0.1, -0.05) is 47.8 Å². The molecule has 1 fully saturated rings. The van der Waals surface area contributed by atoms with Gasteiger partial charge in [0, 0.05) is 0 Å². The van der Waals surface area contributed by atoms with Crippen LogP contribution in [-0.4, -0.2) is 30.4 Å². The Labute approximate surface area is 155 Å². The summed E-state index contributed by atoms with van der Waals surface area (Å²) in [6.07, 6.45) is 4.12. The van der Waals surface area contributed by atoms with Crippen molar-refractivity contribution in [2.24, 2.45) is 0 Å². The van der Waals surface area contributed by atoms with Crippen LogP contribution in [0.4, 0.5) is 4.79 Å². The summed E-state index contributed by atoms with van der Waals surface area (Å²) in [5.74, 6) is -1.35. The number of barbiturate groups is 1. The van der Waals surface area contributed by atoms with Crippen LogP contribution in [0, 0.1) is 0 Å². The van der Waals surface area contributed by atoms with Gasteiger partial charge in [-0.15, -0.1) is 23.5 Å². The average molecular weight is 397 g/mol. The Morgan fingerprint density at radius 2 is 1.25 bits per heavy atom. The van der Waals surface area contributed by atoms with E-state index in [9.17, 15) is 14.4 Å². The molecular weight excluding hydrogens is 384 g/mol. The molecule has 2 N–H and O–H groups in total. The van der Waals surface area contributed by atoms with Crippen LogP contribution in [-0.2, 0) is 9.59 Å². The molecule has 24 heavy (non-hydrogen) atoms. The number of benzene rings is 1. The Kier molecular flexibility index (Phi) is 5.33. The molecule has 4 amide bonds. The maximum Gasteiger partial charge on any atom is 0.328 e. The molecule has 5 nitrogen and oxygen atoms in total. The molecule has 0 bridgehead atoms. The number of thioether (sulfide) groups is 4. The van der Waals surface area contributed by atoms with E-state index in [2.05, 4.69) is 23.1 Å². The minimum absolute atomic E-state index is 0.0504. The van der Waals surface area contributed by atoms with Gasteiger partial charge in [0.15, 0.2) is 0 Å². The largest absolute Gasteiger partial charge is 0.328 e. The van der Waals surface area contributed by atoms with Crippen LogP contribution >= 0.6 is 47.0 Å². The van der Waals surface area contributed by atoms with Crippen molar-refractivity contribution in [1.82, 2.24) is 10.6 Å². The van der Waals surface area contributed by atoms with E-state index in [0.29, 0.717) is 5.22 Å². The van der Waals surface area contributed by atoms with E-state index in [-0.39, 0.29) is 5.57 Å². The summed E-state index contributed by atoms with van der Waals surface area (Å²) in [6.45, 7) is 0. The van der Waals surface area contributed by atoms with Crippen molar-refractivity contribution in [2.45, 2.75) is 0 Å². The van der Waals surface area contributed by atoms with Gasteiger partial charge in [-0.3, -0.25) is 20.2 Å². The van der Waals surface area contributed by atoms with E-state index in [0.717, 1.165) is 5.22 Å². The second-order valence-electron chi connectivity index (χ2n) is 4.66. The van der Waals surface area contributed by atoms with E-state index in [1.165, 1.54) is 12.7 Å². The van der Waals surface area contributed by atoms with Crippen molar-refractivity contribution < 1.29 is 14.4 Å². The van der Waals surface area contributed by atoms with Crippen molar-refractivity contribution in [2.75, 3.05) is 12.5 Å².